The maximum atomic E-state index is 12.5. The number of nitro benzene ring substituents is 1. The summed E-state index contributed by atoms with van der Waals surface area (Å²) in [5.41, 5.74) is 2.18. The molecular weight excluding hydrogens is 450 g/mol. The summed E-state index contributed by atoms with van der Waals surface area (Å²) in [4.78, 5) is 27.8. The van der Waals surface area contributed by atoms with Gasteiger partial charge in [0.2, 0.25) is 0 Å². The van der Waals surface area contributed by atoms with Crippen LogP contribution in [0, 0.1) is 15.5 Å². The van der Waals surface area contributed by atoms with Crippen LogP contribution in [0.15, 0.2) is 24.5 Å². The molecule has 4 rings (SSSR count). The molecule has 1 spiro atoms. The Morgan fingerprint density at radius 2 is 1.74 bits per heavy atom. The van der Waals surface area contributed by atoms with E-state index in [-0.39, 0.29) is 22.9 Å². The fourth-order valence-electron chi connectivity index (χ4n) is 5.13. The van der Waals surface area contributed by atoms with E-state index in [1.165, 1.54) is 7.11 Å². The van der Waals surface area contributed by atoms with Gasteiger partial charge in [0.1, 0.15) is 5.60 Å². The number of aryl methyl sites for hydroxylation is 1. The van der Waals surface area contributed by atoms with Crippen molar-refractivity contribution in [3.63, 3.8) is 0 Å². The maximum Gasteiger partial charge on any atom is 0.410 e. The summed E-state index contributed by atoms with van der Waals surface area (Å²) < 4.78 is 12.6. The monoisotopic (exact) mass is 485 g/mol. The normalized spacial score (nSPS) is 18.0. The van der Waals surface area contributed by atoms with E-state index in [9.17, 15) is 14.9 Å². The number of hydrogen-bond acceptors (Lipinski definition) is 7. The lowest BCUT2D eigenvalue weighted by molar-refractivity contribution is -0.385. The lowest BCUT2D eigenvalue weighted by Gasteiger charge is -2.47. The van der Waals surface area contributed by atoms with Gasteiger partial charge in [-0.3, -0.25) is 14.8 Å². The van der Waals surface area contributed by atoms with E-state index in [1.807, 2.05) is 38.9 Å². The van der Waals surface area contributed by atoms with Gasteiger partial charge in [0, 0.05) is 68.4 Å². The molecule has 0 atom stereocenters. The predicted octanol–water partition coefficient (Wildman–Crippen LogP) is 4.62. The predicted molar refractivity (Wildman–Crippen MR) is 133 cm³/mol. The van der Waals surface area contributed by atoms with Crippen molar-refractivity contribution >= 4 is 17.5 Å². The number of carbonyl (C=O) groups excluding carboxylic acids is 1. The summed E-state index contributed by atoms with van der Waals surface area (Å²) in [6.07, 6.45) is 7.28. The van der Waals surface area contributed by atoms with Crippen LogP contribution in [0.1, 0.15) is 46.5 Å². The highest BCUT2D eigenvalue weighted by Crippen LogP contribution is 2.46. The second-order valence-corrected chi connectivity index (χ2v) is 10.7. The van der Waals surface area contributed by atoms with Crippen molar-refractivity contribution in [2.24, 2.45) is 12.5 Å². The average molecular weight is 486 g/mol. The number of nitro groups is 1. The number of ether oxygens (including phenoxy) is 2. The molecular formula is C25H35N5O5. The van der Waals surface area contributed by atoms with Gasteiger partial charge < -0.3 is 19.3 Å². The van der Waals surface area contributed by atoms with Gasteiger partial charge in [-0.05, 0) is 51.9 Å². The molecule has 1 aromatic carbocycles. The second-order valence-electron chi connectivity index (χ2n) is 10.7. The molecule has 0 N–H and O–H groups in total. The van der Waals surface area contributed by atoms with Crippen molar-refractivity contribution in [1.29, 1.82) is 0 Å². The molecule has 3 heterocycles. The Balaban J connectivity index is 1.50. The van der Waals surface area contributed by atoms with Gasteiger partial charge in [0.25, 0.3) is 0 Å². The van der Waals surface area contributed by atoms with E-state index in [2.05, 4.69) is 10.00 Å². The van der Waals surface area contributed by atoms with Gasteiger partial charge in [0.05, 0.1) is 18.2 Å². The molecule has 0 radical (unpaired) electrons. The van der Waals surface area contributed by atoms with Crippen LogP contribution < -0.4 is 9.64 Å². The average Bonchev–Trinajstić information content (AvgIpc) is 3.24. The number of likely N-dealkylation sites (tertiary alicyclic amines) is 1. The molecule has 2 aliphatic rings. The smallest absolute Gasteiger partial charge is 0.410 e. The summed E-state index contributed by atoms with van der Waals surface area (Å²) in [5, 5.41) is 15.9. The molecule has 2 fully saturated rings. The van der Waals surface area contributed by atoms with Crippen LogP contribution >= 0.6 is 0 Å². The number of benzene rings is 1. The first-order valence-corrected chi connectivity index (χ1v) is 12.1. The van der Waals surface area contributed by atoms with Gasteiger partial charge in [-0.15, -0.1) is 0 Å². The van der Waals surface area contributed by atoms with Crippen molar-refractivity contribution in [3.05, 3.63) is 34.6 Å². The molecule has 10 heteroatoms. The summed E-state index contributed by atoms with van der Waals surface area (Å²) in [7, 11) is 3.29. The fourth-order valence-corrected chi connectivity index (χ4v) is 5.13. The first-order valence-electron chi connectivity index (χ1n) is 12.1. The van der Waals surface area contributed by atoms with Crippen molar-refractivity contribution in [2.45, 2.75) is 52.1 Å². The van der Waals surface area contributed by atoms with Gasteiger partial charge in [-0.1, -0.05) is 0 Å². The van der Waals surface area contributed by atoms with E-state index in [4.69, 9.17) is 9.47 Å². The highest BCUT2D eigenvalue weighted by atomic mass is 16.6. The lowest BCUT2D eigenvalue weighted by atomic mass is 9.71. The largest absolute Gasteiger partial charge is 0.490 e. The number of piperidine rings is 2. The third-order valence-electron chi connectivity index (χ3n) is 7.15. The van der Waals surface area contributed by atoms with Crippen LogP contribution in [0.4, 0.5) is 16.2 Å². The molecule has 0 saturated carbocycles. The van der Waals surface area contributed by atoms with E-state index in [0.717, 1.165) is 55.6 Å². The first kappa shape index (κ1) is 24.8. The highest BCUT2D eigenvalue weighted by Gasteiger charge is 2.40. The number of aromatic nitrogens is 2. The molecule has 2 saturated heterocycles. The fraction of sp³-hybridized carbons (Fsp3) is 0.600. The number of rotatable bonds is 4. The molecule has 1 aromatic heterocycles. The topological polar surface area (TPSA) is 103 Å². The van der Waals surface area contributed by atoms with Crippen LogP contribution in [0.3, 0.4) is 0 Å². The molecule has 10 nitrogen and oxygen atoms in total. The SMILES string of the molecule is COc1cc(N2CCC3(CCN(C(=O)OC(C)(C)C)CC3)CC2)c(-c2cnn(C)c2)cc1[N+](=O)[O-]. The number of amides is 1. The van der Waals surface area contributed by atoms with Gasteiger partial charge in [0.15, 0.2) is 5.75 Å². The third kappa shape index (κ3) is 5.36. The Morgan fingerprint density at radius 1 is 1.11 bits per heavy atom. The molecule has 2 aliphatic heterocycles. The van der Waals surface area contributed by atoms with Gasteiger partial charge in [-0.25, -0.2) is 4.79 Å². The Kier molecular flexibility index (Phi) is 6.66. The molecule has 0 aliphatic carbocycles. The number of carbonyl (C=O) groups is 1. The number of anilines is 1. The summed E-state index contributed by atoms with van der Waals surface area (Å²) >= 11 is 0. The van der Waals surface area contributed by atoms with E-state index >= 15 is 0 Å². The minimum absolute atomic E-state index is 0.0573. The molecule has 1 amide bonds. The van der Waals surface area contributed by atoms with Crippen molar-refractivity contribution in [1.82, 2.24) is 14.7 Å². The van der Waals surface area contributed by atoms with Crippen LogP contribution in [0.25, 0.3) is 11.1 Å². The highest BCUT2D eigenvalue weighted by molar-refractivity contribution is 5.82. The quantitative estimate of drug-likeness (QED) is 0.460. The zero-order chi connectivity index (χ0) is 25.4. The second kappa shape index (κ2) is 9.39. The van der Waals surface area contributed by atoms with Crippen LogP contribution in [0.2, 0.25) is 0 Å². The van der Waals surface area contributed by atoms with Crippen LogP contribution in [-0.2, 0) is 11.8 Å². The van der Waals surface area contributed by atoms with Crippen LogP contribution in [-0.4, -0.2) is 64.6 Å². The lowest BCUT2D eigenvalue weighted by Crippen LogP contribution is -2.49. The molecule has 190 valence electrons. The molecule has 0 unspecified atom stereocenters. The van der Waals surface area contributed by atoms with E-state index in [0.29, 0.717) is 13.1 Å². The van der Waals surface area contributed by atoms with Gasteiger partial charge in [-0.2, -0.15) is 5.10 Å². The minimum Gasteiger partial charge on any atom is -0.490 e. The maximum absolute atomic E-state index is 12.5. The number of nitrogens with zero attached hydrogens (tertiary/aromatic N) is 5. The first-order chi connectivity index (χ1) is 16.5. The zero-order valence-corrected chi connectivity index (χ0v) is 21.2. The molecule has 35 heavy (non-hydrogen) atoms. The van der Waals surface area contributed by atoms with Crippen molar-refractivity contribution in [3.8, 4) is 16.9 Å². The Bertz CT molecular complexity index is 1090. The Labute approximate surface area is 205 Å². The number of hydrogen-bond donors (Lipinski definition) is 0. The molecule has 0 bridgehead atoms. The van der Waals surface area contributed by atoms with Crippen molar-refractivity contribution in [2.75, 3.05) is 38.2 Å². The standard InChI is InChI=1S/C25H35N5O5/c1-24(2,3)35-23(31)29-12-8-25(9-13-29)6-10-28(11-7-25)20-15-22(34-5)21(30(32)33)14-19(20)18-16-26-27(4)17-18/h14-17H,6-13H2,1-5H3. The minimum atomic E-state index is -0.491. The van der Waals surface area contributed by atoms with E-state index in [1.54, 1.807) is 23.0 Å². The summed E-state index contributed by atoms with van der Waals surface area (Å²) in [6, 6.07) is 3.37. The summed E-state index contributed by atoms with van der Waals surface area (Å²) in [5.74, 6) is 0.253. The van der Waals surface area contributed by atoms with Crippen molar-refractivity contribution < 1.29 is 19.2 Å². The molecule has 2 aromatic rings. The Morgan fingerprint density at radius 3 is 2.26 bits per heavy atom. The number of methoxy groups -OCH3 is 1. The zero-order valence-electron chi connectivity index (χ0n) is 21.2. The van der Waals surface area contributed by atoms with Crippen LogP contribution in [0.5, 0.6) is 5.75 Å². The third-order valence-corrected chi connectivity index (χ3v) is 7.15. The summed E-state index contributed by atoms with van der Waals surface area (Å²) in [6.45, 7) is 8.75. The Hall–Kier alpha value is -3.30. The van der Waals surface area contributed by atoms with Gasteiger partial charge >= 0.3 is 11.8 Å². The van der Waals surface area contributed by atoms with E-state index < -0.39 is 10.5 Å².